The van der Waals surface area contributed by atoms with E-state index in [1.165, 1.54) is 37.3 Å². The molecule has 3 amide bonds. The minimum absolute atomic E-state index is 0.0420. The van der Waals surface area contributed by atoms with Gasteiger partial charge < -0.3 is 14.4 Å². The van der Waals surface area contributed by atoms with E-state index in [-0.39, 0.29) is 22.5 Å². The number of non-ortho nitro benzene ring substituents is 1. The molecule has 2 aliphatic heterocycles. The number of amides is 3. The van der Waals surface area contributed by atoms with E-state index in [1.54, 1.807) is 31.2 Å². The Labute approximate surface area is 210 Å². The van der Waals surface area contributed by atoms with Gasteiger partial charge in [-0.3, -0.25) is 29.4 Å². The second kappa shape index (κ2) is 8.70. The first kappa shape index (κ1) is 23.9. The Kier molecular flexibility index (Phi) is 5.62. The summed E-state index contributed by atoms with van der Waals surface area (Å²) in [7, 11) is 2.89. The summed E-state index contributed by atoms with van der Waals surface area (Å²) < 4.78 is 25.3. The summed E-state index contributed by atoms with van der Waals surface area (Å²) in [6.45, 7) is 1.58. The van der Waals surface area contributed by atoms with Crippen molar-refractivity contribution in [1.82, 2.24) is 4.90 Å². The van der Waals surface area contributed by atoms with Gasteiger partial charge in [-0.15, -0.1) is 0 Å². The number of fused-ring (bicyclic) bond motifs is 1. The molecule has 1 saturated heterocycles. The van der Waals surface area contributed by atoms with Crippen molar-refractivity contribution in [1.29, 1.82) is 0 Å². The van der Waals surface area contributed by atoms with Crippen LogP contribution >= 0.6 is 0 Å². The van der Waals surface area contributed by atoms with Gasteiger partial charge in [-0.25, -0.2) is 4.39 Å². The average Bonchev–Trinajstić information content (AvgIpc) is 3.13. The number of nitrogens with zero attached hydrogens (tertiary/aromatic N) is 3. The molecule has 5 rings (SSSR count). The van der Waals surface area contributed by atoms with Crippen LogP contribution in [0, 0.1) is 22.9 Å². The molecule has 3 aromatic rings. The number of rotatable bonds is 6. The van der Waals surface area contributed by atoms with Gasteiger partial charge in [0, 0.05) is 23.4 Å². The topological polar surface area (TPSA) is 119 Å². The zero-order valence-corrected chi connectivity index (χ0v) is 19.9. The first-order valence-electron chi connectivity index (χ1n) is 11.2. The lowest BCUT2D eigenvalue weighted by Crippen LogP contribution is -2.67. The Balaban J connectivity index is 1.64. The molecule has 0 bridgehead atoms. The number of halogens is 1. The monoisotopic (exact) mass is 505 g/mol. The first-order valence-corrected chi connectivity index (χ1v) is 11.2. The summed E-state index contributed by atoms with van der Waals surface area (Å²) in [5.41, 5.74) is 0.472. The summed E-state index contributed by atoms with van der Waals surface area (Å²) in [6.07, 6.45) is 0. The summed E-state index contributed by atoms with van der Waals surface area (Å²) in [5.74, 6) is -1.95. The lowest BCUT2D eigenvalue weighted by atomic mass is 9.85. The molecule has 0 saturated carbocycles. The van der Waals surface area contributed by atoms with E-state index >= 15 is 0 Å². The van der Waals surface area contributed by atoms with Gasteiger partial charge in [0.2, 0.25) is 0 Å². The van der Waals surface area contributed by atoms with E-state index in [9.17, 15) is 28.9 Å². The Morgan fingerprint density at radius 3 is 2.24 bits per heavy atom. The Hall–Kier alpha value is -4.80. The van der Waals surface area contributed by atoms with Crippen molar-refractivity contribution in [3.05, 3.63) is 92.8 Å². The highest BCUT2D eigenvalue weighted by atomic mass is 19.1. The number of anilines is 1. The standard InChI is InChI=1S/C26H20FN3O7/c1-13-4-5-14(11-20(13)27)28-22(19-12-16(36-2)7-9-21(19)37-3)23(26(28)33)29-24(31)17-8-6-15(30(34)35)10-18(17)25(29)32/h4-12,22-23H,1-3H3/t22-,23+/m1/s1. The summed E-state index contributed by atoms with van der Waals surface area (Å²) in [4.78, 5) is 52.9. The quantitative estimate of drug-likeness (QED) is 0.216. The second-order valence-electron chi connectivity index (χ2n) is 8.61. The third kappa shape index (κ3) is 3.58. The van der Waals surface area contributed by atoms with Crippen molar-refractivity contribution >= 4 is 29.1 Å². The van der Waals surface area contributed by atoms with E-state index in [2.05, 4.69) is 0 Å². The fourth-order valence-corrected chi connectivity index (χ4v) is 4.74. The molecule has 0 aliphatic carbocycles. The van der Waals surface area contributed by atoms with Gasteiger partial charge >= 0.3 is 0 Å². The maximum Gasteiger partial charge on any atom is 0.270 e. The van der Waals surface area contributed by atoms with Gasteiger partial charge in [-0.2, -0.15) is 0 Å². The van der Waals surface area contributed by atoms with Crippen LogP contribution in [0.3, 0.4) is 0 Å². The van der Waals surface area contributed by atoms with E-state index in [1.807, 2.05) is 0 Å². The number of nitro benzene ring substituents is 1. The zero-order valence-electron chi connectivity index (χ0n) is 19.9. The smallest absolute Gasteiger partial charge is 0.270 e. The summed E-state index contributed by atoms with van der Waals surface area (Å²) >= 11 is 0. The highest BCUT2D eigenvalue weighted by Crippen LogP contribution is 2.47. The number of benzene rings is 3. The lowest BCUT2D eigenvalue weighted by Gasteiger charge is -2.50. The number of ether oxygens (including phenoxy) is 2. The molecular weight excluding hydrogens is 485 g/mol. The van der Waals surface area contributed by atoms with Crippen LogP contribution in [0.4, 0.5) is 15.8 Å². The van der Waals surface area contributed by atoms with Gasteiger partial charge in [0.1, 0.15) is 23.4 Å². The van der Waals surface area contributed by atoms with Crippen molar-refractivity contribution < 1.29 is 33.2 Å². The number of hydrogen-bond donors (Lipinski definition) is 0. The molecule has 2 atom stereocenters. The number of carbonyl (C=O) groups is 3. The van der Waals surface area contributed by atoms with E-state index in [0.29, 0.717) is 22.6 Å². The van der Waals surface area contributed by atoms with E-state index < -0.39 is 40.5 Å². The van der Waals surface area contributed by atoms with Crippen LogP contribution in [-0.2, 0) is 4.79 Å². The van der Waals surface area contributed by atoms with Crippen LogP contribution in [0.1, 0.15) is 37.9 Å². The van der Waals surface area contributed by atoms with Crippen LogP contribution in [-0.4, -0.2) is 47.8 Å². The van der Waals surface area contributed by atoms with Crippen molar-refractivity contribution in [3.8, 4) is 11.5 Å². The number of nitro groups is 1. The molecule has 0 unspecified atom stereocenters. The number of β-lactam (4-membered cyclic amide) rings is 1. The van der Waals surface area contributed by atoms with Crippen molar-refractivity contribution in [2.75, 3.05) is 19.1 Å². The Bertz CT molecular complexity index is 1510. The molecule has 2 heterocycles. The molecule has 188 valence electrons. The van der Waals surface area contributed by atoms with Gasteiger partial charge in [-0.1, -0.05) is 6.07 Å². The molecule has 11 heteroatoms. The third-order valence-corrected chi connectivity index (χ3v) is 6.65. The molecule has 0 radical (unpaired) electrons. The maximum absolute atomic E-state index is 14.5. The molecule has 2 aliphatic rings. The number of methoxy groups -OCH3 is 2. The van der Waals surface area contributed by atoms with Crippen molar-refractivity contribution in [3.63, 3.8) is 0 Å². The molecule has 0 N–H and O–H groups in total. The normalized spacial score (nSPS) is 18.5. The predicted octanol–water partition coefficient (Wildman–Crippen LogP) is 3.81. The molecule has 10 nitrogen and oxygen atoms in total. The lowest BCUT2D eigenvalue weighted by molar-refractivity contribution is -0.384. The van der Waals surface area contributed by atoms with E-state index in [0.717, 1.165) is 17.0 Å². The maximum atomic E-state index is 14.5. The minimum Gasteiger partial charge on any atom is -0.497 e. The predicted molar refractivity (Wildman–Crippen MR) is 128 cm³/mol. The van der Waals surface area contributed by atoms with Crippen LogP contribution in [0.5, 0.6) is 11.5 Å². The largest absolute Gasteiger partial charge is 0.497 e. The fourth-order valence-electron chi connectivity index (χ4n) is 4.74. The van der Waals surface area contributed by atoms with Crippen LogP contribution < -0.4 is 14.4 Å². The average molecular weight is 505 g/mol. The van der Waals surface area contributed by atoms with Crippen molar-refractivity contribution in [2.45, 2.75) is 19.0 Å². The van der Waals surface area contributed by atoms with Crippen LogP contribution in [0.15, 0.2) is 54.6 Å². The molecule has 3 aromatic carbocycles. The van der Waals surface area contributed by atoms with E-state index in [4.69, 9.17) is 9.47 Å². The first-order chi connectivity index (χ1) is 17.7. The number of aryl methyl sites for hydroxylation is 1. The number of imide groups is 1. The number of carbonyl (C=O) groups excluding carboxylic acids is 3. The summed E-state index contributed by atoms with van der Waals surface area (Å²) in [6, 6.07) is 10.3. The van der Waals surface area contributed by atoms with Crippen molar-refractivity contribution in [2.24, 2.45) is 0 Å². The fraction of sp³-hybridized carbons (Fsp3) is 0.192. The van der Waals surface area contributed by atoms with Gasteiger partial charge in [-0.05, 0) is 48.9 Å². The SMILES string of the molecule is COc1ccc(OC)c([C@@H]2[C@H](N3C(=O)c4ccc([N+](=O)[O-])cc4C3=O)C(=O)N2c2ccc(C)c(F)c2)c1. The molecule has 1 fully saturated rings. The zero-order chi connectivity index (χ0) is 26.6. The van der Waals surface area contributed by atoms with Crippen LogP contribution in [0.25, 0.3) is 0 Å². The van der Waals surface area contributed by atoms with Crippen LogP contribution in [0.2, 0.25) is 0 Å². The minimum atomic E-state index is -1.31. The van der Waals surface area contributed by atoms with Gasteiger partial charge in [0.05, 0.1) is 36.3 Å². The molecule has 37 heavy (non-hydrogen) atoms. The highest BCUT2D eigenvalue weighted by Gasteiger charge is 2.58. The molecular formula is C26H20FN3O7. The molecule has 0 aromatic heterocycles. The molecule has 0 spiro atoms. The highest BCUT2D eigenvalue weighted by molar-refractivity contribution is 6.25. The van der Waals surface area contributed by atoms with Gasteiger partial charge in [0.15, 0.2) is 0 Å². The van der Waals surface area contributed by atoms with Gasteiger partial charge in [0.25, 0.3) is 23.4 Å². The second-order valence-corrected chi connectivity index (χ2v) is 8.61. The third-order valence-electron chi connectivity index (χ3n) is 6.65. The Morgan fingerprint density at radius 1 is 0.865 bits per heavy atom. The Morgan fingerprint density at radius 2 is 1.59 bits per heavy atom. The number of hydrogen-bond acceptors (Lipinski definition) is 7. The summed E-state index contributed by atoms with van der Waals surface area (Å²) in [5, 5.41) is 11.2.